The number of ether oxygens (including phenoxy) is 1. The molecule has 0 saturated heterocycles. The van der Waals surface area contributed by atoms with E-state index in [0.29, 0.717) is 30.4 Å². The molecule has 146 valence electrons. The lowest BCUT2D eigenvalue weighted by molar-refractivity contribution is -0.141. The molecule has 1 saturated carbocycles. The molecule has 0 atom stereocenters. The molecule has 1 fully saturated rings. The first-order chi connectivity index (χ1) is 12.1. The van der Waals surface area contributed by atoms with Crippen molar-refractivity contribution in [2.75, 3.05) is 20.2 Å². The number of nitrogens with one attached hydrogen (secondary N) is 1. The quantitative estimate of drug-likeness (QED) is 0.677. The topological polar surface area (TPSA) is 81.4 Å². The number of carbonyl (C=O) groups excluding carboxylic acids is 2. The van der Waals surface area contributed by atoms with Gasteiger partial charge in [0.2, 0.25) is 0 Å². The average Bonchev–Trinajstić information content (AvgIpc) is 2.65. The Kier molecular flexibility index (Phi) is 10.3. The third kappa shape index (κ3) is 7.34. The van der Waals surface area contributed by atoms with E-state index in [-0.39, 0.29) is 24.3 Å². The van der Waals surface area contributed by atoms with Gasteiger partial charge >= 0.3 is 5.97 Å². The molecule has 0 radical (unpaired) electrons. The molecule has 0 spiro atoms. The first-order valence-corrected chi connectivity index (χ1v) is 9.26. The molecule has 0 heterocycles. The van der Waals surface area contributed by atoms with Crippen molar-refractivity contribution in [3.8, 4) is 0 Å². The zero-order valence-corrected chi connectivity index (χ0v) is 16.4. The molecule has 0 aromatic heterocycles. The second-order valence-electron chi connectivity index (χ2n) is 6.95. The summed E-state index contributed by atoms with van der Waals surface area (Å²) in [6, 6.07) is 7.66. The van der Waals surface area contributed by atoms with Crippen LogP contribution in [-0.2, 0) is 16.0 Å². The zero-order valence-electron chi connectivity index (χ0n) is 15.5. The van der Waals surface area contributed by atoms with Crippen LogP contribution in [0.25, 0.3) is 0 Å². The van der Waals surface area contributed by atoms with Gasteiger partial charge in [0.1, 0.15) is 0 Å². The minimum atomic E-state index is -0.119. The van der Waals surface area contributed by atoms with Gasteiger partial charge in [-0.15, -0.1) is 12.4 Å². The highest BCUT2D eigenvalue weighted by molar-refractivity contribution is 5.94. The van der Waals surface area contributed by atoms with Gasteiger partial charge in [0, 0.05) is 18.5 Å². The summed E-state index contributed by atoms with van der Waals surface area (Å²) in [7, 11) is 1.44. The highest BCUT2D eigenvalue weighted by Gasteiger charge is 2.22. The van der Waals surface area contributed by atoms with Crippen molar-refractivity contribution in [1.82, 2.24) is 5.32 Å². The van der Waals surface area contributed by atoms with E-state index in [2.05, 4.69) is 5.32 Å². The van der Waals surface area contributed by atoms with Crippen LogP contribution < -0.4 is 11.1 Å². The second kappa shape index (κ2) is 11.9. The molecular formula is C20H31ClN2O3. The summed E-state index contributed by atoms with van der Waals surface area (Å²) in [6.45, 7) is 1.35. The smallest absolute Gasteiger partial charge is 0.305 e. The summed E-state index contributed by atoms with van der Waals surface area (Å²) in [5.41, 5.74) is 7.40. The van der Waals surface area contributed by atoms with E-state index < -0.39 is 0 Å². The van der Waals surface area contributed by atoms with Gasteiger partial charge in [0.15, 0.2) is 0 Å². The first kappa shape index (κ1) is 22.5. The third-order valence-corrected chi connectivity index (χ3v) is 5.15. The molecule has 2 rings (SSSR count). The van der Waals surface area contributed by atoms with Crippen molar-refractivity contribution < 1.29 is 14.3 Å². The van der Waals surface area contributed by atoms with Crippen molar-refractivity contribution >= 4 is 24.3 Å². The Balaban J connectivity index is 0.00000338. The fourth-order valence-electron chi connectivity index (χ4n) is 3.48. The Bertz CT molecular complexity index is 555. The number of rotatable bonds is 8. The Morgan fingerprint density at radius 3 is 2.31 bits per heavy atom. The monoisotopic (exact) mass is 382 g/mol. The third-order valence-electron chi connectivity index (χ3n) is 5.15. The molecule has 1 aromatic carbocycles. The number of amides is 1. The summed E-state index contributed by atoms with van der Waals surface area (Å²) in [5.74, 6) is 1.02. The number of esters is 1. The Labute approximate surface area is 162 Å². The van der Waals surface area contributed by atoms with E-state index in [1.54, 1.807) is 0 Å². The Hall–Kier alpha value is -1.59. The van der Waals surface area contributed by atoms with Crippen LogP contribution in [0.2, 0.25) is 0 Å². The number of benzene rings is 1. The van der Waals surface area contributed by atoms with E-state index in [9.17, 15) is 9.59 Å². The van der Waals surface area contributed by atoms with Crippen LogP contribution in [0.4, 0.5) is 0 Å². The number of hydrogen-bond donors (Lipinski definition) is 2. The predicted molar refractivity (Wildman–Crippen MR) is 105 cm³/mol. The minimum absolute atomic E-state index is 0. The molecule has 6 heteroatoms. The molecule has 0 bridgehead atoms. The van der Waals surface area contributed by atoms with Gasteiger partial charge in [-0.1, -0.05) is 25.0 Å². The fourth-order valence-corrected chi connectivity index (χ4v) is 3.48. The highest BCUT2D eigenvalue weighted by Crippen LogP contribution is 2.31. The molecule has 3 N–H and O–H groups in total. The Morgan fingerprint density at radius 1 is 1.12 bits per heavy atom. The lowest BCUT2D eigenvalue weighted by Crippen LogP contribution is -2.31. The predicted octanol–water partition coefficient (Wildman–Crippen LogP) is 3.10. The van der Waals surface area contributed by atoms with Crippen LogP contribution in [0.3, 0.4) is 0 Å². The average molecular weight is 383 g/mol. The molecule has 1 amide bonds. The Morgan fingerprint density at radius 2 is 1.73 bits per heavy atom. The maximum Gasteiger partial charge on any atom is 0.305 e. The molecular weight excluding hydrogens is 352 g/mol. The molecule has 0 unspecified atom stereocenters. The number of carbonyl (C=O) groups is 2. The fraction of sp³-hybridized carbons (Fsp3) is 0.600. The summed E-state index contributed by atoms with van der Waals surface area (Å²) in [6.07, 6.45) is 6.75. The van der Waals surface area contributed by atoms with E-state index >= 15 is 0 Å². The van der Waals surface area contributed by atoms with Gasteiger partial charge in [-0.3, -0.25) is 9.59 Å². The standard InChI is InChI=1S/C20H30N2O3.ClH/c1-25-19(23)11-8-15-2-4-17(5-3-15)14-22-20(24)18-9-6-16(7-10-18)12-13-21;/h6-7,9-10,15,17H,2-5,8,11-14,21H2,1H3,(H,22,24);1H. The number of nitrogens with two attached hydrogens (primary N) is 1. The minimum Gasteiger partial charge on any atom is -0.469 e. The van der Waals surface area contributed by atoms with Crippen molar-refractivity contribution in [3.05, 3.63) is 35.4 Å². The first-order valence-electron chi connectivity index (χ1n) is 9.26. The molecule has 5 nitrogen and oxygen atoms in total. The van der Waals surface area contributed by atoms with Crippen LogP contribution in [0, 0.1) is 11.8 Å². The lowest BCUT2D eigenvalue weighted by Gasteiger charge is -2.28. The van der Waals surface area contributed by atoms with Crippen molar-refractivity contribution in [3.63, 3.8) is 0 Å². The molecule has 1 aliphatic rings. The summed E-state index contributed by atoms with van der Waals surface area (Å²) in [5, 5.41) is 3.06. The maximum absolute atomic E-state index is 12.2. The van der Waals surface area contributed by atoms with E-state index in [4.69, 9.17) is 10.5 Å². The lowest BCUT2D eigenvalue weighted by atomic mass is 9.80. The van der Waals surface area contributed by atoms with Gasteiger partial charge in [-0.2, -0.15) is 0 Å². The van der Waals surface area contributed by atoms with Crippen LogP contribution >= 0.6 is 12.4 Å². The van der Waals surface area contributed by atoms with Crippen molar-refractivity contribution in [2.45, 2.75) is 44.9 Å². The number of halogens is 1. The summed E-state index contributed by atoms with van der Waals surface area (Å²) >= 11 is 0. The van der Waals surface area contributed by atoms with E-state index in [1.807, 2.05) is 24.3 Å². The van der Waals surface area contributed by atoms with Crippen molar-refractivity contribution in [1.29, 1.82) is 0 Å². The normalized spacial score (nSPS) is 19.3. The van der Waals surface area contributed by atoms with Gasteiger partial charge in [-0.25, -0.2) is 0 Å². The van der Waals surface area contributed by atoms with Crippen molar-refractivity contribution in [2.24, 2.45) is 17.6 Å². The zero-order chi connectivity index (χ0) is 18.1. The molecule has 1 aromatic rings. The van der Waals surface area contributed by atoms with Gasteiger partial charge < -0.3 is 15.8 Å². The number of methoxy groups -OCH3 is 1. The highest BCUT2D eigenvalue weighted by atomic mass is 35.5. The van der Waals surface area contributed by atoms with Gasteiger partial charge in [-0.05, 0) is 61.8 Å². The van der Waals surface area contributed by atoms with E-state index in [1.165, 1.54) is 7.11 Å². The molecule has 1 aliphatic carbocycles. The van der Waals surface area contributed by atoms with Crippen LogP contribution in [0.15, 0.2) is 24.3 Å². The van der Waals surface area contributed by atoms with E-state index in [0.717, 1.165) is 50.6 Å². The second-order valence-corrected chi connectivity index (χ2v) is 6.95. The van der Waals surface area contributed by atoms with Crippen LogP contribution in [0.5, 0.6) is 0 Å². The molecule has 26 heavy (non-hydrogen) atoms. The summed E-state index contributed by atoms with van der Waals surface area (Å²) in [4.78, 5) is 23.5. The maximum atomic E-state index is 12.2. The molecule has 0 aliphatic heterocycles. The summed E-state index contributed by atoms with van der Waals surface area (Å²) < 4.78 is 4.70. The van der Waals surface area contributed by atoms with Gasteiger partial charge in [0.25, 0.3) is 5.91 Å². The van der Waals surface area contributed by atoms with Crippen LogP contribution in [-0.4, -0.2) is 32.1 Å². The van der Waals surface area contributed by atoms with Gasteiger partial charge in [0.05, 0.1) is 7.11 Å². The number of hydrogen-bond acceptors (Lipinski definition) is 4. The van der Waals surface area contributed by atoms with Crippen LogP contribution in [0.1, 0.15) is 54.4 Å². The SMILES string of the molecule is COC(=O)CCC1CCC(CNC(=O)c2ccc(CCN)cc2)CC1.Cl. The largest absolute Gasteiger partial charge is 0.469 e.